The molecule has 2 aliphatic heterocycles. The number of aliphatic hydroxyl groups is 2. The molecule has 0 radical (unpaired) electrons. The Morgan fingerprint density at radius 3 is 2.25 bits per heavy atom. The zero-order chi connectivity index (χ0) is 48.5. The summed E-state index contributed by atoms with van der Waals surface area (Å²) in [5, 5.41) is 32.7. The number of likely N-dealkylation sites (tertiary alicyclic amines) is 1. The van der Waals surface area contributed by atoms with Crippen LogP contribution >= 0.6 is 22.7 Å². The van der Waals surface area contributed by atoms with Gasteiger partial charge in [-0.3, -0.25) is 20.5 Å². The van der Waals surface area contributed by atoms with Gasteiger partial charge in [0.25, 0.3) is 0 Å². The summed E-state index contributed by atoms with van der Waals surface area (Å²) < 4.78 is 19.9. The van der Waals surface area contributed by atoms with Crippen LogP contribution in [0.2, 0.25) is 0 Å². The standard InChI is InChI=1S/C48H54N12O7S2/c1-7-49-42(61)58-44-56-35-16-32(37(17-38(35)68-44)66-23-31-9-8-12-65-31)30-20-53-41(54-21-30)47(4,5)67-26-55-43(62)59-45-57-36-15-28(29-18-51-40(52-19-29)46(2,3)63)14-33(39(36)69-45)34-13-27(10-11-50-34)22-60-24-48(6,64)25-60/h10-11,13-21,31,63-64H,7-9,12,22-26H2,1-6H3,(H2,49,56,58,61)(H2,55,57,59,62). The molecule has 0 aliphatic carbocycles. The summed E-state index contributed by atoms with van der Waals surface area (Å²) in [5.41, 5.74) is 3.90. The molecule has 0 bridgehead atoms. The first kappa shape index (κ1) is 47.7. The first-order chi connectivity index (χ1) is 33.0. The maximum Gasteiger partial charge on any atom is 0.322 e. The molecule has 2 saturated heterocycles. The van der Waals surface area contributed by atoms with Crippen molar-refractivity contribution in [3.63, 3.8) is 0 Å². The Morgan fingerprint density at radius 2 is 1.55 bits per heavy atom. The first-order valence-corrected chi connectivity index (χ1v) is 24.3. The van der Waals surface area contributed by atoms with Crippen LogP contribution in [-0.2, 0) is 27.2 Å². The average molecular weight is 975 g/mol. The summed E-state index contributed by atoms with van der Waals surface area (Å²) in [6.45, 7) is 13.8. The Bertz CT molecular complexity index is 2980. The number of hydrogen-bond acceptors (Lipinski definition) is 17. The van der Waals surface area contributed by atoms with Gasteiger partial charge in [-0.15, -0.1) is 0 Å². The molecule has 7 aromatic rings. The lowest BCUT2D eigenvalue weighted by molar-refractivity contribution is -0.0871. The predicted molar refractivity (Wildman–Crippen MR) is 264 cm³/mol. The SMILES string of the molecule is CCNC(=O)Nc1nc2cc(-c3cnc(C(C)(C)OCNC(=O)Nc4nc5cc(-c6cnc(C(C)(C)O)nc6)cc(-c6cc(CN7CC(C)(O)C7)ccn6)c5s4)nc3)c(OCC3CCCO3)cc2s1. The van der Waals surface area contributed by atoms with Gasteiger partial charge in [0.1, 0.15) is 30.3 Å². The zero-order valence-electron chi connectivity index (χ0n) is 39.1. The fraction of sp³-hybridized carbons (Fsp3) is 0.396. The maximum atomic E-state index is 13.4. The monoisotopic (exact) mass is 974 g/mol. The van der Waals surface area contributed by atoms with E-state index in [1.54, 1.807) is 44.8 Å². The van der Waals surface area contributed by atoms with Crippen LogP contribution in [0.5, 0.6) is 5.75 Å². The lowest BCUT2D eigenvalue weighted by atomic mass is 9.96. The van der Waals surface area contributed by atoms with E-state index in [-0.39, 0.29) is 18.9 Å². The molecule has 6 N–H and O–H groups in total. The molecule has 2 fully saturated rings. The third kappa shape index (κ3) is 11.3. The van der Waals surface area contributed by atoms with E-state index in [1.807, 2.05) is 64.1 Å². The van der Waals surface area contributed by atoms with Gasteiger partial charge in [0, 0.05) is 92.1 Å². The normalized spacial score (nSPS) is 16.1. The molecule has 2 aromatic carbocycles. The third-order valence-electron chi connectivity index (χ3n) is 11.5. The summed E-state index contributed by atoms with van der Waals surface area (Å²) >= 11 is 2.66. The zero-order valence-corrected chi connectivity index (χ0v) is 40.8. The third-order valence-corrected chi connectivity index (χ3v) is 13.5. The highest BCUT2D eigenvalue weighted by molar-refractivity contribution is 7.23. The second kappa shape index (κ2) is 19.6. The average Bonchev–Trinajstić information content (AvgIpc) is 4.07. The Labute approximate surface area is 406 Å². The minimum atomic E-state index is -1.20. The molecule has 4 amide bonds. The van der Waals surface area contributed by atoms with Crippen LogP contribution in [0.3, 0.4) is 0 Å². The molecule has 0 saturated carbocycles. The van der Waals surface area contributed by atoms with Crippen molar-refractivity contribution in [2.75, 3.05) is 50.2 Å². The number of pyridine rings is 1. The van der Waals surface area contributed by atoms with Crippen LogP contribution in [0.1, 0.15) is 71.6 Å². The highest BCUT2D eigenvalue weighted by Crippen LogP contribution is 2.40. The van der Waals surface area contributed by atoms with Crippen LogP contribution in [0, 0.1) is 0 Å². The van der Waals surface area contributed by atoms with Crippen molar-refractivity contribution < 1.29 is 34.0 Å². The molecule has 0 spiro atoms. The van der Waals surface area contributed by atoms with Gasteiger partial charge in [-0.2, -0.15) is 0 Å². The van der Waals surface area contributed by atoms with Crippen LogP contribution in [0.15, 0.2) is 67.4 Å². The number of thiazole rings is 2. The predicted octanol–water partition coefficient (Wildman–Crippen LogP) is 7.41. The van der Waals surface area contributed by atoms with Crippen molar-refractivity contribution in [3.8, 4) is 39.3 Å². The minimum Gasteiger partial charge on any atom is -0.490 e. The Morgan fingerprint density at radius 1 is 0.855 bits per heavy atom. The quantitative estimate of drug-likeness (QED) is 0.0517. The van der Waals surface area contributed by atoms with Gasteiger partial charge < -0.3 is 35.1 Å². The Hall–Kier alpha value is -6.33. The van der Waals surface area contributed by atoms with E-state index < -0.39 is 22.8 Å². The Balaban J connectivity index is 0.891. The van der Waals surface area contributed by atoms with E-state index in [1.165, 1.54) is 22.7 Å². The number of carbonyl (C=O) groups is 2. The number of ether oxygens (including phenoxy) is 3. The highest BCUT2D eigenvalue weighted by Gasteiger charge is 2.36. The van der Waals surface area contributed by atoms with Gasteiger partial charge in [0.2, 0.25) is 0 Å². The highest BCUT2D eigenvalue weighted by atomic mass is 32.1. The van der Waals surface area contributed by atoms with Crippen LogP contribution in [-0.4, -0.2) is 113 Å². The fourth-order valence-corrected chi connectivity index (χ4v) is 9.96. The van der Waals surface area contributed by atoms with Crippen molar-refractivity contribution in [2.45, 2.75) is 83.8 Å². The van der Waals surface area contributed by atoms with E-state index in [4.69, 9.17) is 24.2 Å². The van der Waals surface area contributed by atoms with E-state index in [2.05, 4.69) is 51.1 Å². The molecule has 1 atom stereocenters. The molecule has 5 aromatic heterocycles. The number of nitrogens with zero attached hydrogens (tertiary/aromatic N) is 8. The van der Waals surface area contributed by atoms with Crippen molar-refractivity contribution in [3.05, 3.63) is 84.6 Å². The van der Waals surface area contributed by atoms with E-state index in [9.17, 15) is 19.8 Å². The molecule has 7 heterocycles. The first-order valence-electron chi connectivity index (χ1n) is 22.6. The van der Waals surface area contributed by atoms with Gasteiger partial charge in [-0.25, -0.2) is 39.5 Å². The largest absolute Gasteiger partial charge is 0.490 e. The number of urea groups is 2. The summed E-state index contributed by atoms with van der Waals surface area (Å²) in [6, 6.07) is 10.9. The molecular weight excluding hydrogens is 921 g/mol. The van der Waals surface area contributed by atoms with Gasteiger partial charge in [0.15, 0.2) is 21.9 Å². The van der Waals surface area contributed by atoms with E-state index in [0.717, 1.165) is 50.2 Å². The number of fused-ring (bicyclic) bond motifs is 2. The maximum absolute atomic E-state index is 13.4. The molecule has 360 valence electrons. The van der Waals surface area contributed by atoms with Crippen molar-refractivity contribution in [2.24, 2.45) is 0 Å². The summed E-state index contributed by atoms with van der Waals surface area (Å²) in [4.78, 5) is 60.1. The Kier molecular flexibility index (Phi) is 13.5. The van der Waals surface area contributed by atoms with Crippen molar-refractivity contribution >= 4 is 65.4 Å². The van der Waals surface area contributed by atoms with Crippen molar-refractivity contribution in [1.82, 2.24) is 50.4 Å². The number of β-amino-alcohol motifs (C(OH)–C–C–N with tert-alkyl or cyclic N) is 1. The molecule has 19 nitrogen and oxygen atoms in total. The van der Waals surface area contributed by atoms with Gasteiger partial charge in [0.05, 0.1) is 37.8 Å². The van der Waals surface area contributed by atoms with Gasteiger partial charge in [-0.05, 0) is 95.8 Å². The van der Waals surface area contributed by atoms with Crippen LogP contribution < -0.4 is 26.0 Å². The van der Waals surface area contributed by atoms with Crippen molar-refractivity contribution in [1.29, 1.82) is 0 Å². The molecule has 69 heavy (non-hydrogen) atoms. The van der Waals surface area contributed by atoms with E-state index in [0.29, 0.717) is 89.2 Å². The molecule has 2 aliphatic rings. The second-order valence-corrected chi connectivity index (χ2v) is 20.5. The van der Waals surface area contributed by atoms with Crippen LogP contribution in [0.25, 0.3) is 53.9 Å². The fourth-order valence-electron chi connectivity index (χ4n) is 8.12. The number of hydrogen-bond donors (Lipinski definition) is 6. The molecular formula is C48H54N12O7S2. The number of rotatable bonds is 16. The summed E-state index contributed by atoms with van der Waals surface area (Å²) in [7, 11) is 0. The molecule has 21 heteroatoms. The smallest absolute Gasteiger partial charge is 0.322 e. The minimum absolute atomic E-state index is 0.000427. The molecule has 9 rings (SSSR count). The topological polar surface area (TPSA) is 244 Å². The van der Waals surface area contributed by atoms with Gasteiger partial charge >= 0.3 is 12.1 Å². The number of carbonyl (C=O) groups excluding carboxylic acids is 2. The number of benzene rings is 2. The lowest BCUT2D eigenvalue weighted by Crippen LogP contribution is -2.59. The second-order valence-electron chi connectivity index (χ2n) is 18.4. The number of anilines is 2. The number of aromatic nitrogens is 7. The summed E-state index contributed by atoms with van der Waals surface area (Å²) in [6.07, 6.45) is 10.4. The van der Waals surface area contributed by atoms with E-state index >= 15 is 0 Å². The lowest BCUT2D eigenvalue weighted by Gasteiger charge is -2.44. The number of nitrogens with one attached hydrogen (secondary N) is 4. The van der Waals surface area contributed by atoms with Crippen LogP contribution in [0.4, 0.5) is 19.9 Å². The molecule has 1 unspecified atom stereocenters. The van der Waals surface area contributed by atoms with Gasteiger partial charge in [-0.1, -0.05) is 22.7 Å². The number of amides is 4. The summed E-state index contributed by atoms with van der Waals surface area (Å²) in [5.74, 6) is 1.31.